The van der Waals surface area contributed by atoms with Gasteiger partial charge in [-0.1, -0.05) is 0 Å². The highest BCUT2D eigenvalue weighted by molar-refractivity contribution is 7.09. The van der Waals surface area contributed by atoms with Crippen LogP contribution >= 0.6 is 11.3 Å². The molecular formula is C14H18N4OS. The van der Waals surface area contributed by atoms with E-state index in [9.17, 15) is 4.79 Å². The number of piperidine rings is 1. The Kier molecular flexibility index (Phi) is 3.82. The highest BCUT2D eigenvalue weighted by Crippen LogP contribution is 2.22. The molecule has 5 nitrogen and oxygen atoms in total. The lowest BCUT2D eigenvalue weighted by Gasteiger charge is -2.32. The van der Waals surface area contributed by atoms with Crippen LogP contribution in [0.4, 0.5) is 0 Å². The summed E-state index contributed by atoms with van der Waals surface area (Å²) < 4.78 is 1.67. The van der Waals surface area contributed by atoms with Gasteiger partial charge in [0.05, 0.1) is 16.8 Å². The molecule has 3 heterocycles. The highest BCUT2D eigenvalue weighted by atomic mass is 32.1. The molecule has 0 spiro atoms. The Morgan fingerprint density at radius 3 is 3.15 bits per heavy atom. The van der Waals surface area contributed by atoms with Gasteiger partial charge in [-0.15, -0.1) is 11.3 Å². The normalized spacial score (nSPS) is 19.2. The van der Waals surface area contributed by atoms with Gasteiger partial charge in [0.15, 0.2) is 0 Å². The van der Waals surface area contributed by atoms with Crippen LogP contribution in [0, 0.1) is 5.92 Å². The SMILES string of the molecule is Cn1cc(C(=O)N2CCCC(Cc3nccs3)C2)cn1. The summed E-state index contributed by atoms with van der Waals surface area (Å²) >= 11 is 1.70. The molecule has 20 heavy (non-hydrogen) atoms. The second-order valence-corrected chi connectivity index (χ2v) is 6.27. The minimum atomic E-state index is 0.0990. The van der Waals surface area contributed by atoms with Gasteiger partial charge in [-0.05, 0) is 18.8 Å². The van der Waals surface area contributed by atoms with E-state index in [1.807, 2.05) is 23.5 Å². The average Bonchev–Trinajstić information content (AvgIpc) is 3.10. The van der Waals surface area contributed by atoms with Crippen LogP contribution in [0.15, 0.2) is 24.0 Å². The molecular weight excluding hydrogens is 272 g/mol. The summed E-state index contributed by atoms with van der Waals surface area (Å²) in [4.78, 5) is 18.7. The highest BCUT2D eigenvalue weighted by Gasteiger charge is 2.25. The van der Waals surface area contributed by atoms with E-state index in [0.29, 0.717) is 11.5 Å². The number of aryl methyl sites for hydroxylation is 1. The number of amides is 1. The first-order valence-electron chi connectivity index (χ1n) is 6.88. The van der Waals surface area contributed by atoms with E-state index in [-0.39, 0.29) is 5.91 Å². The molecule has 1 atom stereocenters. The van der Waals surface area contributed by atoms with Crippen molar-refractivity contribution in [1.29, 1.82) is 0 Å². The van der Waals surface area contributed by atoms with Crippen molar-refractivity contribution in [3.8, 4) is 0 Å². The quantitative estimate of drug-likeness (QED) is 0.868. The molecule has 0 N–H and O–H groups in total. The van der Waals surface area contributed by atoms with E-state index in [2.05, 4.69) is 10.1 Å². The summed E-state index contributed by atoms with van der Waals surface area (Å²) in [5.41, 5.74) is 0.683. The molecule has 0 radical (unpaired) electrons. The summed E-state index contributed by atoms with van der Waals surface area (Å²) in [5.74, 6) is 0.623. The maximum absolute atomic E-state index is 12.4. The van der Waals surface area contributed by atoms with Gasteiger partial charge in [0, 0.05) is 44.3 Å². The number of hydrogen-bond donors (Lipinski definition) is 0. The number of carbonyl (C=O) groups is 1. The summed E-state index contributed by atoms with van der Waals surface area (Å²) in [6.07, 6.45) is 8.51. The van der Waals surface area contributed by atoms with Crippen LogP contribution < -0.4 is 0 Å². The molecule has 0 bridgehead atoms. The molecule has 1 aliphatic heterocycles. The lowest BCUT2D eigenvalue weighted by atomic mass is 9.95. The molecule has 6 heteroatoms. The Labute approximate surface area is 122 Å². The fraction of sp³-hybridized carbons (Fsp3) is 0.500. The summed E-state index contributed by atoms with van der Waals surface area (Å²) in [7, 11) is 1.83. The number of thiazole rings is 1. The Hall–Kier alpha value is -1.69. The summed E-state index contributed by atoms with van der Waals surface area (Å²) in [6, 6.07) is 0. The summed E-state index contributed by atoms with van der Waals surface area (Å²) in [5, 5.41) is 7.26. The van der Waals surface area contributed by atoms with Gasteiger partial charge in [0.1, 0.15) is 0 Å². The van der Waals surface area contributed by atoms with Crippen molar-refractivity contribution < 1.29 is 4.79 Å². The molecule has 1 fully saturated rings. The maximum atomic E-state index is 12.4. The van der Waals surface area contributed by atoms with Crippen molar-refractivity contribution >= 4 is 17.2 Å². The van der Waals surface area contributed by atoms with Crippen LogP contribution in [0.3, 0.4) is 0 Å². The van der Waals surface area contributed by atoms with Crippen molar-refractivity contribution in [1.82, 2.24) is 19.7 Å². The summed E-state index contributed by atoms with van der Waals surface area (Å²) in [6.45, 7) is 1.68. The number of nitrogens with zero attached hydrogens (tertiary/aromatic N) is 4. The van der Waals surface area contributed by atoms with Crippen LogP contribution in [-0.4, -0.2) is 38.7 Å². The third-order valence-electron chi connectivity index (χ3n) is 3.70. The van der Waals surface area contributed by atoms with Crippen LogP contribution in [0.2, 0.25) is 0 Å². The average molecular weight is 290 g/mol. The van der Waals surface area contributed by atoms with Gasteiger partial charge >= 0.3 is 0 Å². The predicted molar refractivity (Wildman–Crippen MR) is 77.7 cm³/mol. The van der Waals surface area contributed by atoms with Gasteiger partial charge in [-0.2, -0.15) is 5.10 Å². The van der Waals surface area contributed by atoms with Gasteiger partial charge < -0.3 is 4.90 Å². The largest absolute Gasteiger partial charge is 0.338 e. The van der Waals surface area contributed by atoms with Crippen molar-refractivity contribution in [3.05, 3.63) is 34.5 Å². The fourth-order valence-corrected chi connectivity index (χ4v) is 3.46. The van der Waals surface area contributed by atoms with Crippen molar-refractivity contribution in [2.45, 2.75) is 19.3 Å². The fourth-order valence-electron chi connectivity index (χ4n) is 2.73. The van der Waals surface area contributed by atoms with E-state index in [1.54, 1.807) is 28.4 Å². The molecule has 0 aliphatic carbocycles. The Morgan fingerprint density at radius 2 is 2.45 bits per heavy atom. The topological polar surface area (TPSA) is 51.0 Å². The second-order valence-electron chi connectivity index (χ2n) is 5.29. The van der Waals surface area contributed by atoms with Gasteiger partial charge in [-0.3, -0.25) is 9.48 Å². The lowest BCUT2D eigenvalue weighted by Crippen LogP contribution is -2.40. The van der Waals surface area contributed by atoms with Crippen LogP contribution in [0.25, 0.3) is 0 Å². The first-order chi connectivity index (χ1) is 9.72. The smallest absolute Gasteiger partial charge is 0.257 e. The Morgan fingerprint density at radius 1 is 1.55 bits per heavy atom. The van der Waals surface area contributed by atoms with Crippen molar-refractivity contribution in [3.63, 3.8) is 0 Å². The van der Waals surface area contributed by atoms with E-state index < -0.39 is 0 Å². The monoisotopic (exact) mass is 290 g/mol. The molecule has 1 unspecified atom stereocenters. The molecule has 106 valence electrons. The van der Waals surface area contributed by atoms with Crippen LogP contribution in [0.5, 0.6) is 0 Å². The predicted octanol–water partition coefficient (Wildman–Crippen LogP) is 1.97. The van der Waals surface area contributed by atoms with Crippen molar-refractivity contribution in [2.24, 2.45) is 13.0 Å². The van der Waals surface area contributed by atoms with Gasteiger partial charge in [-0.25, -0.2) is 4.98 Å². The molecule has 1 aliphatic rings. The number of likely N-dealkylation sites (tertiary alicyclic amines) is 1. The van der Waals surface area contributed by atoms with E-state index in [1.165, 1.54) is 11.4 Å². The molecule has 1 saturated heterocycles. The molecule has 2 aromatic rings. The van der Waals surface area contributed by atoms with E-state index in [4.69, 9.17) is 0 Å². The van der Waals surface area contributed by atoms with Crippen LogP contribution in [0.1, 0.15) is 28.2 Å². The minimum Gasteiger partial charge on any atom is -0.338 e. The van der Waals surface area contributed by atoms with Gasteiger partial charge in [0.25, 0.3) is 5.91 Å². The van der Waals surface area contributed by atoms with E-state index in [0.717, 1.165) is 25.9 Å². The Bertz CT molecular complexity index is 578. The third-order valence-corrected chi connectivity index (χ3v) is 4.51. The lowest BCUT2D eigenvalue weighted by molar-refractivity contribution is 0.0673. The zero-order valence-electron chi connectivity index (χ0n) is 11.5. The zero-order chi connectivity index (χ0) is 13.9. The number of rotatable bonds is 3. The molecule has 2 aromatic heterocycles. The van der Waals surface area contributed by atoms with Crippen LogP contribution in [-0.2, 0) is 13.5 Å². The maximum Gasteiger partial charge on any atom is 0.257 e. The third kappa shape index (κ3) is 2.90. The molecule has 1 amide bonds. The first kappa shape index (κ1) is 13.3. The number of carbonyl (C=O) groups excluding carboxylic acids is 1. The minimum absolute atomic E-state index is 0.0990. The van der Waals surface area contributed by atoms with Crippen molar-refractivity contribution in [2.75, 3.05) is 13.1 Å². The second kappa shape index (κ2) is 5.75. The molecule has 0 saturated carbocycles. The zero-order valence-corrected chi connectivity index (χ0v) is 12.3. The molecule has 0 aromatic carbocycles. The Balaban J connectivity index is 1.64. The first-order valence-corrected chi connectivity index (χ1v) is 7.76. The standard InChI is InChI=1S/C14H18N4OS/c1-17-10-12(8-16-17)14(19)18-5-2-3-11(9-18)7-13-15-4-6-20-13/h4,6,8,10-11H,2-3,5,7,9H2,1H3. The van der Waals surface area contributed by atoms with E-state index >= 15 is 0 Å². The molecule has 3 rings (SSSR count). The number of aromatic nitrogens is 3. The number of hydrogen-bond acceptors (Lipinski definition) is 4. The van der Waals surface area contributed by atoms with Gasteiger partial charge in [0.2, 0.25) is 0 Å².